The topological polar surface area (TPSA) is 49.9 Å². The van der Waals surface area contributed by atoms with Crippen molar-refractivity contribution in [2.75, 3.05) is 0 Å². The van der Waals surface area contributed by atoms with E-state index in [9.17, 15) is 0 Å². The molecular weight excluding hydrogens is 94.4 g/mol. The van der Waals surface area contributed by atoms with Gasteiger partial charge < -0.3 is 0 Å². The molecule has 4 heteroatoms. The van der Waals surface area contributed by atoms with Crippen LogP contribution in [0.25, 0.3) is 0 Å². The maximum Gasteiger partial charge on any atom is 0.410 e. The minimum atomic E-state index is -1.40. The third kappa shape index (κ3) is 35.0. The van der Waals surface area contributed by atoms with E-state index in [0.717, 1.165) is 0 Å². The molecule has 0 rings (SSSR count). The van der Waals surface area contributed by atoms with Crippen molar-refractivity contribution in [1.82, 2.24) is 0 Å². The highest BCUT2D eigenvalue weighted by molar-refractivity contribution is 7.72. The molecule has 24 valence electrons. The molecule has 0 aliphatic rings. The minimum absolute atomic E-state index is 1.40. The largest absolute Gasteiger partial charge is 0.410 e. The summed E-state index contributed by atoms with van der Waals surface area (Å²) in [5.74, 6) is 0. The van der Waals surface area contributed by atoms with Crippen molar-refractivity contribution >= 4 is 18.5 Å². The molecule has 0 fully saturated rings. The number of hydrogen-bond donors (Lipinski definition) is 2. The lowest BCUT2D eigenvalue weighted by Gasteiger charge is -1.39. The van der Waals surface area contributed by atoms with Gasteiger partial charge in [-0.05, 0) is 0 Å². The first-order chi connectivity index (χ1) is 1.73. The van der Waals surface area contributed by atoms with Crippen LogP contribution in [-0.2, 0) is 0 Å². The van der Waals surface area contributed by atoms with E-state index in [1.807, 2.05) is 0 Å². The Morgan fingerprint density at radius 3 is 2.00 bits per heavy atom. The molecule has 0 saturated carbocycles. The van der Waals surface area contributed by atoms with Crippen LogP contribution in [0.15, 0.2) is 0 Å². The van der Waals surface area contributed by atoms with Gasteiger partial charge in [0.15, 0.2) is 0 Å². The summed E-state index contributed by atoms with van der Waals surface area (Å²) in [5, 5.41) is 6.19. The van der Waals surface area contributed by atoms with Crippen molar-refractivity contribution in [2.24, 2.45) is 5.50 Å². The van der Waals surface area contributed by atoms with Gasteiger partial charge in [0.1, 0.15) is 0 Å². The Labute approximate surface area is 30.1 Å². The molecule has 0 aromatic carbocycles. The van der Waals surface area contributed by atoms with Crippen molar-refractivity contribution in [3.05, 3.63) is 0 Å². The van der Waals surface area contributed by atoms with E-state index in [0.29, 0.717) is 0 Å². The predicted molar refractivity (Wildman–Crippen MR) is 19.7 cm³/mol. The van der Waals surface area contributed by atoms with Crippen LogP contribution in [0.3, 0.4) is 0 Å². The zero-order chi connectivity index (χ0) is 3.58. The number of nitrogens with two attached hydrogens (primary N) is 1. The van der Waals surface area contributed by atoms with Crippen LogP contribution in [0.5, 0.6) is 0 Å². The quantitative estimate of drug-likeness (QED) is 0.439. The lowest BCUT2D eigenvalue weighted by molar-refractivity contribution is 1.62. The first kappa shape index (κ1) is 4.35. The first-order valence-corrected chi connectivity index (χ1v) is 2.97. The maximum absolute atomic E-state index is 6.19. The van der Waals surface area contributed by atoms with E-state index in [4.69, 9.17) is 16.4 Å². The average molecular weight is 97.5 g/mol. The molecule has 0 bridgehead atoms. The molecule has 0 aromatic heterocycles. The second-order valence-electron chi connectivity index (χ2n) is 0.311. The summed E-state index contributed by atoms with van der Waals surface area (Å²) in [6.07, 6.45) is 0. The third-order valence-corrected chi connectivity index (χ3v) is 0. The van der Waals surface area contributed by atoms with Crippen molar-refractivity contribution in [1.29, 1.82) is 5.16 Å². The third-order valence-electron chi connectivity index (χ3n) is 0. The maximum atomic E-state index is 6.19. The van der Waals surface area contributed by atoms with Crippen LogP contribution in [0.2, 0.25) is 0 Å². The molecule has 0 spiro atoms. The van der Waals surface area contributed by atoms with Gasteiger partial charge in [0.25, 0.3) is 0 Å². The van der Waals surface area contributed by atoms with Gasteiger partial charge in [-0.3, -0.25) is 0 Å². The molecular formula is H3ClN2P+. The lowest BCUT2D eigenvalue weighted by Crippen LogP contribution is -1.60. The average Bonchev–Trinajstić information content (AvgIpc) is 0.811. The van der Waals surface area contributed by atoms with Gasteiger partial charge in [-0.15, -0.1) is 5.50 Å². The molecule has 1 atom stereocenters. The van der Waals surface area contributed by atoms with Crippen LogP contribution in [0.4, 0.5) is 0 Å². The summed E-state index contributed by atoms with van der Waals surface area (Å²) in [7, 11) is -1.40. The van der Waals surface area contributed by atoms with Gasteiger partial charge >= 0.3 is 7.22 Å². The Morgan fingerprint density at radius 1 is 2.00 bits per heavy atom. The molecule has 0 radical (unpaired) electrons. The van der Waals surface area contributed by atoms with E-state index in [1.54, 1.807) is 0 Å². The first-order valence-electron chi connectivity index (χ1n) is 0.651. The molecule has 0 aliphatic carbocycles. The summed E-state index contributed by atoms with van der Waals surface area (Å²) < 4.78 is 0. The normalized spacial score (nSPS) is 11.0. The summed E-state index contributed by atoms with van der Waals surface area (Å²) in [6, 6.07) is 0. The predicted octanol–water partition coefficient (Wildman–Crippen LogP) is 1.26. The van der Waals surface area contributed by atoms with Crippen LogP contribution in [0, 0.1) is 5.16 Å². The Bertz CT molecular complexity index is 29.0. The number of hydrogen-bond acceptors (Lipinski definition) is 1. The fourth-order valence-electron chi connectivity index (χ4n) is 0. The van der Waals surface area contributed by atoms with E-state index >= 15 is 0 Å². The monoisotopic (exact) mass is 97.0 g/mol. The molecule has 0 aromatic rings. The summed E-state index contributed by atoms with van der Waals surface area (Å²) >= 11 is 4.78. The van der Waals surface area contributed by atoms with Gasteiger partial charge in [-0.1, -0.05) is 5.16 Å². The van der Waals surface area contributed by atoms with Gasteiger partial charge in [0, 0.05) is 0 Å². The van der Waals surface area contributed by atoms with E-state index < -0.39 is 7.22 Å². The molecule has 0 heterocycles. The minimum Gasteiger partial charge on any atom is -0.122 e. The number of nitrogens with one attached hydrogen (secondary N) is 1. The molecule has 1 unspecified atom stereocenters. The summed E-state index contributed by atoms with van der Waals surface area (Å²) in [5.41, 5.74) is 4.61. The Balaban J connectivity index is 2.80. The SMILES string of the molecule is N=[P+](N)Cl. The fraction of sp³-hybridized carbons (Fsp3) is 0. The highest BCUT2D eigenvalue weighted by Crippen LogP contribution is 2.12. The molecule has 0 aliphatic heterocycles. The summed E-state index contributed by atoms with van der Waals surface area (Å²) in [6.45, 7) is 0. The second-order valence-corrected chi connectivity index (χ2v) is 2.03. The molecule has 4 heavy (non-hydrogen) atoms. The Morgan fingerprint density at radius 2 is 2.00 bits per heavy atom. The van der Waals surface area contributed by atoms with E-state index in [-0.39, 0.29) is 0 Å². The number of halogens is 1. The molecule has 3 N–H and O–H groups in total. The van der Waals surface area contributed by atoms with Crippen molar-refractivity contribution in [3.8, 4) is 0 Å². The second kappa shape index (κ2) is 1.65. The van der Waals surface area contributed by atoms with Gasteiger partial charge in [0.05, 0.1) is 0 Å². The fourth-order valence-corrected chi connectivity index (χ4v) is 0. The highest BCUT2D eigenvalue weighted by Gasteiger charge is 1.81. The van der Waals surface area contributed by atoms with Gasteiger partial charge in [0.2, 0.25) is 11.2 Å². The standard InChI is InChI=1S/ClH3N2P/c1-4(2)3/h(H3,2,3)/q+1. The van der Waals surface area contributed by atoms with Crippen molar-refractivity contribution < 1.29 is 0 Å². The lowest BCUT2D eigenvalue weighted by atomic mass is 13.9. The van der Waals surface area contributed by atoms with E-state index in [1.165, 1.54) is 0 Å². The highest BCUT2D eigenvalue weighted by atomic mass is 35.7. The molecule has 2 nitrogen and oxygen atoms in total. The van der Waals surface area contributed by atoms with Crippen LogP contribution < -0.4 is 5.50 Å². The Hall–Kier alpha value is 0.350. The number of rotatable bonds is 0. The van der Waals surface area contributed by atoms with Gasteiger partial charge in [-0.2, -0.15) is 0 Å². The van der Waals surface area contributed by atoms with E-state index in [2.05, 4.69) is 5.50 Å². The van der Waals surface area contributed by atoms with Gasteiger partial charge in [-0.25, -0.2) is 0 Å². The molecule has 0 amide bonds. The summed E-state index contributed by atoms with van der Waals surface area (Å²) in [4.78, 5) is 0. The van der Waals surface area contributed by atoms with Crippen LogP contribution in [-0.4, -0.2) is 0 Å². The smallest absolute Gasteiger partial charge is 0.122 e. The van der Waals surface area contributed by atoms with Crippen LogP contribution >= 0.6 is 18.5 Å². The zero-order valence-electron chi connectivity index (χ0n) is 1.90. The molecule has 0 saturated heterocycles. The van der Waals surface area contributed by atoms with Crippen molar-refractivity contribution in [2.45, 2.75) is 0 Å². The van der Waals surface area contributed by atoms with Crippen molar-refractivity contribution in [3.63, 3.8) is 0 Å². The Kier molecular flexibility index (Phi) is 1.79. The zero-order valence-corrected chi connectivity index (χ0v) is 3.55. The van der Waals surface area contributed by atoms with Crippen LogP contribution in [0.1, 0.15) is 0 Å².